The number of fused-ring (bicyclic) bond motifs is 1. The van der Waals surface area contributed by atoms with Gasteiger partial charge in [0.25, 0.3) is 0 Å². The van der Waals surface area contributed by atoms with Crippen LogP contribution in [-0.2, 0) is 7.05 Å². The topological polar surface area (TPSA) is 34.9 Å². The Morgan fingerprint density at radius 1 is 1.37 bits per heavy atom. The number of thioether (sulfide) groups is 1. The highest BCUT2D eigenvalue weighted by Crippen LogP contribution is 2.29. The van der Waals surface area contributed by atoms with Gasteiger partial charge in [0.1, 0.15) is 0 Å². The summed E-state index contributed by atoms with van der Waals surface area (Å²) >= 11 is 3.14. The van der Waals surface area contributed by atoms with Gasteiger partial charge in [0, 0.05) is 25.0 Å². The molecule has 0 aliphatic rings. The molecule has 3 rings (SSSR count). The zero-order chi connectivity index (χ0) is 13.2. The van der Waals surface area contributed by atoms with Gasteiger partial charge >= 0.3 is 0 Å². The number of aromatic nitrogens is 2. The number of nitrogens with zero attached hydrogens (tertiary/aromatic N) is 2. The van der Waals surface area contributed by atoms with E-state index < -0.39 is 0 Å². The number of aryl methyl sites for hydroxylation is 1. The van der Waals surface area contributed by atoms with E-state index in [9.17, 15) is 4.79 Å². The quantitative estimate of drug-likeness (QED) is 0.543. The Morgan fingerprint density at radius 2 is 2.21 bits per heavy atom. The maximum atomic E-state index is 12.0. The number of para-hydroxylation sites is 1. The van der Waals surface area contributed by atoms with Crippen molar-refractivity contribution in [2.24, 2.45) is 7.05 Å². The van der Waals surface area contributed by atoms with E-state index in [4.69, 9.17) is 0 Å². The van der Waals surface area contributed by atoms with Gasteiger partial charge in [0.15, 0.2) is 10.1 Å². The van der Waals surface area contributed by atoms with Crippen molar-refractivity contribution in [1.82, 2.24) is 9.55 Å². The third kappa shape index (κ3) is 2.72. The van der Waals surface area contributed by atoms with E-state index in [1.165, 1.54) is 11.8 Å². The van der Waals surface area contributed by atoms with Crippen molar-refractivity contribution in [3.8, 4) is 0 Å². The number of hydrogen-bond acceptors (Lipinski definition) is 4. The number of thiazole rings is 1. The fraction of sp³-hybridized carbons (Fsp3) is 0.143. The Hall–Kier alpha value is -1.59. The molecule has 0 unspecified atom stereocenters. The molecule has 96 valence electrons. The van der Waals surface area contributed by atoms with Crippen molar-refractivity contribution in [1.29, 1.82) is 0 Å². The molecule has 0 saturated heterocycles. The molecule has 0 bridgehead atoms. The van der Waals surface area contributed by atoms with Crippen LogP contribution in [-0.4, -0.2) is 21.1 Å². The molecule has 19 heavy (non-hydrogen) atoms. The first-order valence-electron chi connectivity index (χ1n) is 5.86. The van der Waals surface area contributed by atoms with Crippen molar-refractivity contribution in [3.63, 3.8) is 0 Å². The minimum Gasteiger partial charge on any atom is -0.357 e. The molecule has 3 nitrogen and oxygen atoms in total. The van der Waals surface area contributed by atoms with E-state index in [0.29, 0.717) is 5.75 Å². The largest absolute Gasteiger partial charge is 0.357 e. The molecule has 0 amide bonds. The lowest BCUT2D eigenvalue weighted by Crippen LogP contribution is -2.00. The minimum atomic E-state index is 0.143. The van der Waals surface area contributed by atoms with Crippen LogP contribution >= 0.6 is 23.1 Å². The molecule has 0 fully saturated rings. The van der Waals surface area contributed by atoms with Crippen LogP contribution in [0.25, 0.3) is 10.2 Å². The Balaban J connectivity index is 1.70. The Morgan fingerprint density at radius 3 is 2.95 bits per heavy atom. The summed E-state index contributed by atoms with van der Waals surface area (Å²) < 4.78 is 4.00. The summed E-state index contributed by atoms with van der Waals surface area (Å²) in [5, 5.41) is 0. The molecule has 0 spiro atoms. The second kappa shape index (κ2) is 5.19. The van der Waals surface area contributed by atoms with Crippen LogP contribution in [0.4, 0.5) is 0 Å². The van der Waals surface area contributed by atoms with Crippen molar-refractivity contribution in [2.45, 2.75) is 4.34 Å². The first kappa shape index (κ1) is 12.4. The van der Waals surface area contributed by atoms with E-state index in [0.717, 1.165) is 20.1 Å². The van der Waals surface area contributed by atoms with Crippen molar-refractivity contribution in [3.05, 3.63) is 48.3 Å². The van der Waals surface area contributed by atoms with Crippen molar-refractivity contribution in [2.75, 3.05) is 5.75 Å². The van der Waals surface area contributed by atoms with Crippen LogP contribution in [0.5, 0.6) is 0 Å². The minimum absolute atomic E-state index is 0.143. The highest BCUT2D eigenvalue weighted by molar-refractivity contribution is 8.01. The van der Waals surface area contributed by atoms with Gasteiger partial charge in [-0.05, 0) is 18.2 Å². The summed E-state index contributed by atoms with van der Waals surface area (Å²) in [5.41, 5.74) is 1.76. The van der Waals surface area contributed by atoms with Crippen LogP contribution in [0.15, 0.2) is 47.1 Å². The molecular weight excluding hydrogens is 276 g/mol. The summed E-state index contributed by atoms with van der Waals surface area (Å²) in [6.45, 7) is 0. The molecule has 3 aromatic rings. The number of hydrogen-bond donors (Lipinski definition) is 0. The zero-order valence-electron chi connectivity index (χ0n) is 10.4. The molecule has 2 aromatic heterocycles. The molecule has 0 aliphatic heterocycles. The summed E-state index contributed by atoms with van der Waals surface area (Å²) in [6.07, 6.45) is 3.73. The van der Waals surface area contributed by atoms with E-state index >= 15 is 0 Å². The van der Waals surface area contributed by atoms with Crippen LogP contribution < -0.4 is 0 Å². The summed E-state index contributed by atoms with van der Waals surface area (Å²) in [4.78, 5) is 16.5. The Kier molecular flexibility index (Phi) is 3.40. The number of carbonyl (C=O) groups excluding carboxylic acids is 1. The second-order valence-electron chi connectivity index (χ2n) is 4.22. The first-order chi connectivity index (χ1) is 9.22. The molecule has 5 heteroatoms. The highest BCUT2D eigenvalue weighted by atomic mass is 32.2. The Bertz CT molecular complexity index is 697. The summed E-state index contributed by atoms with van der Waals surface area (Å²) in [7, 11) is 1.91. The SMILES string of the molecule is Cn1ccc(C(=O)CSc2nc3ccccc3s2)c1. The molecule has 1 aromatic carbocycles. The smallest absolute Gasteiger partial charge is 0.174 e. The fourth-order valence-electron chi connectivity index (χ4n) is 1.79. The van der Waals surface area contributed by atoms with Gasteiger partial charge in [-0.25, -0.2) is 4.98 Å². The van der Waals surface area contributed by atoms with Crippen LogP contribution in [0.2, 0.25) is 0 Å². The normalized spacial score (nSPS) is 11.0. The average molecular weight is 288 g/mol. The van der Waals surface area contributed by atoms with Gasteiger partial charge in [0.2, 0.25) is 0 Å². The summed E-state index contributed by atoms with van der Waals surface area (Å²) in [6, 6.07) is 9.88. The van der Waals surface area contributed by atoms with Gasteiger partial charge < -0.3 is 4.57 Å². The molecule has 2 heterocycles. The maximum absolute atomic E-state index is 12.0. The molecule has 0 aliphatic carbocycles. The van der Waals surface area contributed by atoms with E-state index in [-0.39, 0.29) is 5.78 Å². The van der Waals surface area contributed by atoms with Gasteiger partial charge in [-0.2, -0.15) is 0 Å². The second-order valence-corrected chi connectivity index (χ2v) is 6.48. The Labute approximate surface area is 119 Å². The van der Waals surface area contributed by atoms with Gasteiger partial charge in [-0.1, -0.05) is 23.9 Å². The molecular formula is C14H12N2OS2. The predicted octanol–water partition coefficient (Wildman–Crippen LogP) is 3.61. The summed E-state index contributed by atoms with van der Waals surface area (Å²) in [5.74, 6) is 0.578. The molecule has 0 saturated carbocycles. The number of benzene rings is 1. The van der Waals surface area contributed by atoms with Crippen LogP contribution in [0, 0.1) is 0 Å². The first-order valence-corrected chi connectivity index (χ1v) is 7.66. The van der Waals surface area contributed by atoms with E-state index in [1.54, 1.807) is 11.3 Å². The van der Waals surface area contributed by atoms with E-state index in [1.807, 2.05) is 48.3 Å². The lowest BCUT2D eigenvalue weighted by Gasteiger charge is -1.95. The standard InChI is InChI=1S/C14H12N2OS2/c1-16-7-6-10(8-16)12(17)9-18-14-15-11-4-2-3-5-13(11)19-14/h2-8H,9H2,1H3. The third-order valence-corrected chi connectivity index (χ3v) is 4.93. The highest BCUT2D eigenvalue weighted by Gasteiger charge is 2.10. The monoisotopic (exact) mass is 288 g/mol. The number of rotatable bonds is 4. The maximum Gasteiger partial charge on any atom is 0.174 e. The van der Waals surface area contributed by atoms with Gasteiger partial charge in [0.05, 0.1) is 16.0 Å². The zero-order valence-corrected chi connectivity index (χ0v) is 12.0. The predicted molar refractivity (Wildman–Crippen MR) is 80.1 cm³/mol. The number of ketones is 1. The van der Waals surface area contributed by atoms with Crippen LogP contribution in [0.1, 0.15) is 10.4 Å². The lowest BCUT2D eigenvalue weighted by atomic mass is 10.2. The van der Waals surface area contributed by atoms with Gasteiger partial charge in [-0.3, -0.25) is 4.79 Å². The number of carbonyl (C=O) groups is 1. The number of Topliss-reactive ketones (excluding diaryl/α,β-unsaturated/α-hetero) is 1. The van der Waals surface area contributed by atoms with Gasteiger partial charge in [-0.15, -0.1) is 11.3 Å². The molecule has 0 radical (unpaired) electrons. The molecule has 0 atom stereocenters. The van der Waals surface area contributed by atoms with Crippen molar-refractivity contribution >= 4 is 39.1 Å². The molecule has 0 N–H and O–H groups in total. The average Bonchev–Trinajstić information content (AvgIpc) is 3.01. The lowest BCUT2D eigenvalue weighted by molar-refractivity contribution is 0.102. The van der Waals surface area contributed by atoms with E-state index in [2.05, 4.69) is 11.1 Å². The van der Waals surface area contributed by atoms with Crippen LogP contribution in [0.3, 0.4) is 0 Å². The van der Waals surface area contributed by atoms with Crippen molar-refractivity contribution < 1.29 is 4.79 Å². The fourth-order valence-corrected chi connectivity index (χ4v) is 3.75. The third-order valence-electron chi connectivity index (χ3n) is 2.75.